The van der Waals surface area contributed by atoms with Crippen LogP contribution < -0.4 is 16.4 Å². The average Bonchev–Trinajstić information content (AvgIpc) is 3.44. The molecule has 1 aromatic heterocycles. The summed E-state index contributed by atoms with van der Waals surface area (Å²) in [4.78, 5) is 46.4. The van der Waals surface area contributed by atoms with Crippen LogP contribution >= 0.6 is 35.4 Å². The van der Waals surface area contributed by atoms with Gasteiger partial charge in [0.1, 0.15) is 23.1 Å². The van der Waals surface area contributed by atoms with Crippen molar-refractivity contribution in [1.29, 1.82) is 0 Å². The van der Waals surface area contributed by atoms with Crippen molar-refractivity contribution in [2.45, 2.75) is 76.5 Å². The Hall–Kier alpha value is -4.39. The lowest BCUT2D eigenvalue weighted by molar-refractivity contribution is -0.137. The summed E-state index contributed by atoms with van der Waals surface area (Å²) in [6.07, 6.45) is 0.0635. The molecule has 1 unspecified atom stereocenters. The lowest BCUT2D eigenvalue weighted by atomic mass is 9.78. The van der Waals surface area contributed by atoms with Crippen LogP contribution in [0.25, 0.3) is 10.9 Å². The van der Waals surface area contributed by atoms with Crippen LogP contribution in [0.4, 0.5) is 9.18 Å². The molecular weight excluding hydrogens is 716 g/mol. The fourth-order valence-electron chi connectivity index (χ4n) is 6.69. The third kappa shape index (κ3) is 8.57. The first-order chi connectivity index (χ1) is 24.2. The molecule has 4 atom stereocenters. The minimum Gasteiger partial charge on any atom is -0.508 e. The molecule has 0 radical (unpaired) electrons. The van der Waals surface area contributed by atoms with Crippen LogP contribution in [0, 0.1) is 11.7 Å². The molecule has 0 spiro atoms. The van der Waals surface area contributed by atoms with Gasteiger partial charge in [0.2, 0.25) is 11.8 Å². The number of aromatic nitrogens is 1. The first-order valence-corrected chi connectivity index (χ1v) is 17.8. The molecule has 5 rings (SSSR count). The smallest absolute Gasteiger partial charge is 0.408 e. The van der Waals surface area contributed by atoms with E-state index in [1.54, 1.807) is 30.3 Å². The number of hydrogen-bond donors (Lipinski definition) is 6. The number of halogens is 3. The molecule has 0 fully saturated rings. The molecule has 51 heavy (non-hydrogen) atoms. The van der Waals surface area contributed by atoms with Gasteiger partial charge in [0, 0.05) is 29.1 Å². The van der Waals surface area contributed by atoms with Gasteiger partial charge in [-0.15, -0.1) is 0 Å². The number of aryl methyl sites for hydroxylation is 2. The standard InChI is InChI=1S/C37H40Cl2FN5O5S/c1-3-20(2)31(33(41)51)43-35(48)37(14-13-29-27(18-37)26-16-23(38)17-28(39)32(26)42-29)44-34(47)30(12-9-21-7-10-25(46)11-8-21)45(36(49)50)19-22-5-4-6-24(40)15-22/h4-8,10-11,15-17,20,30-31,42,46H,3,9,12-14,18-19H2,1-2H3,(H2,41,51)(H,43,48)(H,44,47)(H,49,50)/t20?,30-,31-,37+/m0/s1. The van der Waals surface area contributed by atoms with Gasteiger partial charge in [-0.2, -0.15) is 0 Å². The monoisotopic (exact) mass is 755 g/mol. The molecule has 0 saturated carbocycles. The van der Waals surface area contributed by atoms with Crippen LogP contribution in [0.2, 0.25) is 10.0 Å². The van der Waals surface area contributed by atoms with E-state index >= 15 is 0 Å². The van der Waals surface area contributed by atoms with E-state index in [-0.39, 0.29) is 48.9 Å². The van der Waals surface area contributed by atoms with Gasteiger partial charge in [-0.05, 0) is 84.7 Å². The minimum absolute atomic E-state index is 0.0157. The number of carboxylic acid groups (broad SMARTS) is 1. The molecule has 270 valence electrons. The zero-order chi connectivity index (χ0) is 37.0. The van der Waals surface area contributed by atoms with Gasteiger partial charge < -0.3 is 31.6 Å². The van der Waals surface area contributed by atoms with Gasteiger partial charge in [-0.3, -0.25) is 14.5 Å². The summed E-state index contributed by atoms with van der Waals surface area (Å²) in [7, 11) is 0. The molecule has 7 N–H and O–H groups in total. The third-order valence-electron chi connectivity index (χ3n) is 9.71. The number of nitrogens with one attached hydrogen (secondary N) is 3. The first-order valence-electron chi connectivity index (χ1n) is 16.6. The second kappa shape index (κ2) is 15.9. The molecule has 14 heteroatoms. The van der Waals surface area contributed by atoms with Gasteiger partial charge in [0.25, 0.3) is 0 Å². The number of phenolic OH excluding ortho intramolecular Hbond substituents is 1. The van der Waals surface area contributed by atoms with Crippen LogP contribution in [0.5, 0.6) is 5.75 Å². The SMILES string of the molecule is CCC(C)[C@H](NC(=O)[C@@]1(NC(=O)[C@H](CCc2ccc(O)cc2)N(Cc2cccc(F)c2)C(=O)O)CCc2[nH]c3c(Cl)cc(Cl)cc3c2C1)C(N)=S. The molecule has 10 nitrogen and oxygen atoms in total. The number of nitrogens with two attached hydrogens (primary N) is 1. The zero-order valence-corrected chi connectivity index (χ0v) is 30.5. The van der Waals surface area contributed by atoms with Gasteiger partial charge in [-0.1, -0.05) is 80.0 Å². The number of H-pyrrole nitrogens is 1. The van der Waals surface area contributed by atoms with E-state index < -0.39 is 41.3 Å². The van der Waals surface area contributed by atoms with Crippen LogP contribution in [0.1, 0.15) is 55.5 Å². The van der Waals surface area contributed by atoms with E-state index in [4.69, 9.17) is 41.2 Å². The van der Waals surface area contributed by atoms with E-state index in [1.165, 1.54) is 30.3 Å². The van der Waals surface area contributed by atoms with Crippen molar-refractivity contribution in [3.05, 3.63) is 98.9 Å². The van der Waals surface area contributed by atoms with Crippen molar-refractivity contribution in [2.75, 3.05) is 0 Å². The Kier molecular flexibility index (Phi) is 11.8. The Balaban J connectivity index is 1.56. The summed E-state index contributed by atoms with van der Waals surface area (Å²) in [6.45, 7) is 3.57. The number of carbonyl (C=O) groups excluding carboxylic acids is 2. The normalized spacial score (nSPS) is 17.2. The molecule has 1 aliphatic rings. The molecule has 3 amide bonds. The molecule has 4 aromatic rings. The summed E-state index contributed by atoms with van der Waals surface area (Å²) >= 11 is 18.3. The fourth-order valence-corrected chi connectivity index (χ4v) is 7.53. The predicted octanol–water partition coefficient (Wildman–Crippen LogP) is 6.66. The van der Waals surface area contributed by atoms with E-state index in [0.29, 0.717) is 39.4 Å². The highest BCUT2D eigenvalue weighted by Gasteiger charge is 2.47. The largest absolute Gasteiger partial charge is 0.508 e. The van der Waals surface area contributed by atoms with Gasteiger partial charge >= 0.3 is 6.09 Å². The quantitative estimate of drug-likeness (QED) is 0.0832. The van der Waals surface area contributed by atoms with Gasteiger partial charge in [-0.25, -0.2) is 9.18 Å². The number of aromatic hydroxyl groups is 1. The summed E-state index contributed by atoms with van der Waals surface area (Å²) in [5.74, 6) is -1.84. The lowest BCUT2D eigenvalue weighted by Gasteiger charge is -2.40. The van der Waals surface area contributed by atoms with Gasteiger partial charge in [0.05, 0.1) is 21.6 Å². The van der Waals surface area contributed by atoms with Crippen molar-refractivity contribution < 1.29 is 29.0 Å². The highest BCUT2D eigenvalue weighted by molar-refractivity contribution is 7.80. The van der Waals surface area contributed by atoms with Crippen LogP contribution in [-0.4, -0.2) is 60.6 Å². The highest BCUT2D eigenvalue weighted by Crippen LogP contribution is 2.38. The predicted molar refractivity (Wildman–Crippen MR) is 200 cm³/mol. The number of fused-ring (bicyclic) bond motifs is 3. The molecule has 0 bridgehead atoms. The number of thiocarbonyl (C=S) groups is 1. The Morgan fingerprint density at radius 3 is 2.49 bits per heavy atom. The average molecular weight is 757 g/mol. The van der Waals surface area contributed by atoms with Crippen molar-refractivity contribution in [1.82, 2.24) is 20.5 Å². The highest BCUT2D eigenvalue weighted by atomic mass is 35.5. The van der Waals surface area contributed by atoms with Crippen molar-refractivity contribution in [2.24, 2.45) is 11.7 Å². The Morgan fingerprint density at radius 1 is 1.12 bits per heavy atom. The maximum absolute atomic E-state index is 14.6. The van der Waals surface area contributed by atoms with E-state index in [0.717, 1.165) is 21.7 Å². The van der Waals surface area contributed by atoms with Gasteiger partial charge in [0.15, 0.2) is 0 Å². The molecule has 0 saturated heterocycles. The Labute approximate surface area is 310 Å². The number of phenols is 1. The summed E-state index contributed by atoms with van der Waals surface area (Å²) < 4.78 is 14.2. The second-order valence-electron chi connectivity index (χ2n) is 13.1. The number of aromatic amines is 1. The zero-order valence-electron chi connectivity index (χ0n) is 28.1. The fraction of sp³-hybridized carbons (Fsp3) is 0.351. The number of carbonyl (C=O) groups is 3. The number of rotatable bonds is 13. The van der Waals surface area contributed by atoms with Crippen molar-refractivity contribution in [3.63, 3.8) is 0 Å². The Bertz CT molecular complexity index is 1960. The van der Waals surface area contributed by atoms with Crippen LogP contribution in [0.15, 0.2) is 60.7 Å². The van der Waals surface area contributed by atoms with Crippen LogP contribution in [-0.2, 0) is 35.4 Å². The maximum Gasteiger partial charge on any atom is 0.408 e. The number of benzene rings is 3. The lowest BCUT2D eigenvalue weighted by Crippen LogP contribution is -2.66. The second-order valence-corrected chi connectivity index (χ2v) is 14.5. The number of hydrogen-bond acceptors (Lipinski definition) is 5. The summed E-state index contributed by atoms with van der Waals surface area (Å²) in [6, 6.07) is 13.2. The number of amides is 3. The first kappa shape index (κ1) is 37.9. The number of nitrogens with zero attached hydrogens (tertiary/aromatic N) is 1. The molecule has 3 aromatic carbocycles. The third-order valence-corrected chi connectivity index (χ3v) is 10.5. The summed E-state index contributed by atoms with van der Waals surface area (Å²) in [5, 5.41) is 27.7. The Morgan fingerprint density at radius 2 is 1.84 bits per heavy atom. The van der Waals surface area contributed by atoms with E-state index in [2.05, 4.69) is 15.6 Å². The van der Waals surface area contributed by atoms with Crippen molar-refractivity contribution >= 4 is 69.2 Å². The van der Waals surface area contributed by atoms with E-state index in [1.807, 2.05) is 13.8 Å². The molecule has 1 aliphatic carbocycles. The molecule has 1 heterocycles. The topological polar surface area (TPSA) is 161 Å². The molecular formula is C37H40Cl2FN5O5S. The van der Waals surface area contributed by atoms with Crippen LogP contribution in [0.3, 0.4) is 0 Å². The van der Waals surface area contributed by atoms with E-state index in [9.17, 15) is 29.0 Å². The van der Waals surface area contributed by atoms with Crippen molar-refractivity contribution in [3.8, 4) is 5.75 Å². The minimum atomic E-state index is -1.57. The maximum atomic E-state index is 14.6. The molecule has 0 aliphatic heterocycles. The summed E-state index contributed by atoms with van der Waals surface area (Å²) in [5.41, 5.74) is 7.84.